The number of rotatable bonds is 4. The molecule has 1 aromatic carbocycles. The summed E-state index contributed by atoms with van der Waals surface area (Å²) in [7, 11) is 0. The second kappa shape index (κ2) is 5.65. The van der Waals surface area contributed by atoms with Gasteiger partial charge in [-0.05, 0) is 25.1 Å². The van der Waals surface area contributed by atoms with Crippen LogP contribution in [0.2, 0.25) is 5.02 Å². The molecule has 3 rings (SSSR count). The normalized spacial score (nSPS) is 12.3. The Balaban J connectivity index is 1.84. The van der Waals surface area contributed by atoms with Gasteiger partial charge in [0.05, 0.1) is 27.7 Å². The van der Waals surface area contributed by atoms with Gasteiger partial charge in [0.15, 0.2) is 0 Å². The first-order valence-electron chi connectivity index (χ1n) is 6.71. The van der Waals surface area contributed by atoms with Crippen molar-refractivity contribution in [3.05, 3.63) is 52.9 Å². The van der Waals surface area contributed by atoms with E-state index in [1.165, 1.54) is 12.3 Å². The molecule has 0 unspecified atom stereocenters. The highest BCUT2D eigenvalue weighted by atomic mass is 35.5. The van der Waals surface area contributed by atoms with Crippen LogP contribution >= 0.6 is 11.6 Å². The molecule has 0 aliphatic carbocycles. The number of halogens is 1. The Kier molecular flexibility index (Phi) is 3.68. The second-order valence-corrected chi connectivity index (χ2v) is 5.33. The number of nitrogens with zero attached hydrogens (tertiary/aromatic N) is 2. The highest BCUT2D eigenvalue weighted by Crippen LogP contribution is 2.25. The number of fused-ring (bicyclic) bond motifs is 1. The number of anilines is 1. The predicted octanol–water partition coefficient (Wildman–Crippen LogP) is 2.88. The lowest BCUT2D eigenvalue weighted by Gasteiger charge is -2.13. The first-order chi connectivity index (χ1) is 10.5. The van der Waals surface area contributed by atoms with E-state index in [0.29, 0.717) is 10.8 Å². The number of nitrogens with two attached hydrogens (primary N) is 1. The van der Waals surface area contributed by atoms with Gasteiger partial charge in [-0.3, -0.25) is 4.79 Å². The number of imidazole rings is 1. The number of aromatic amines is 1. The van der Waals surface area contributed by atoms with Gasteiger partial charge < -0.3 is 16.0 Å². The van der Waals surface area contributed by atoms with Gasteiger partial charge in [-0.15, -0.1) is 0 Å². The fourth-order valence-electron chi connectivity index (χ4n) is 2.13. The molecule has 1 atom stereocenters. The number of primary amides is 1. The summed E-state index contributed by atoms with van der Waals surface area (Å²) >= 11 is 6.12. The van der Waals surface area contributed by atoms with Crippen LogP contribution < -0.4 is 11.1 Å². The number of para-hydroxylation sites is 2. The van der Waals surface area contributed by atoms with Crippen molar-refractivity contribution in [2.75, 3.05) is 5.32 Å². The number of pyridine rings is 1. The van der Waals surface area contributed by atoms with Crippen molar-refractivity contribution in [3.63, 3.8) is 0 Å². The molecule has 0 bridgehead atoms. The van der Waals surface area contributed by atoms with E-state index in [1.54, 1.807) is 0 Å². The highest BCUT2D eigenvalue weighted by Gasteiger charge is 2.14. The minimum atomic E-state index is -0.564. The maximum atomic E-state index is 11.1. The first-order valence-corrected chi connectivity index (χ1v) is 7.09. The molecule has 0 aliphatic rings. The van der Waals surface area contributed by atoms with Crippen LogP contribution in [0.5, 0.6) is 0 Å². The summed E-state index contributed by atoms with van der Waals surface area (Å²) < 4.78 is 0. The minimum Gasteiger partial charge on any atom is -0.366 e. The van der Waals surface area contributed by atoms with Crippen LogP contribution in [-0.2, 0) is 0 Å². The van der Waals surface area contributed by atoms with E-state index in [2.05, 4.69) is 20.3 Å². The van der Waals surface area contributed by atoms with E-state index in [-0.39, 0.29) is 11.6 Å². The molecule has 2 heterocycles. The van der Waals surface area contributed by atoms with Gasteiger partial charge in [-0.25, -0.2) is 9.97 Å². The zero-order chi connectivity index (χ0) is 15.7. The van der Waals surface area contributed by atoms with Crippen LogP contribution in [0.15, 0.2) is 36.5 Å². The van der Waals surface area contributed by atoms with Crippen LogP contribution in [0.25, 0.3) is 11.0 Å². The number of aromatic nitrogens is 3. The van der Waals surface area contributed by atoms with Gasteiger partial charge >= 0.3 is 0 Å². The minimum absolute atomic E-state index is 0.128. The summed E-state index contributed by atoms with van der Waals surface area (Å²) in [6.45, 7) is 1.94. The highest BCUT2D eigenvalue weighted by molar-refractivity contribution is 6.33. The Bertz CT molecular complexity index is 812. The molecule has 0 aliphatic heterocycles. The lowest BCUT2D eigenvalue weighted by atomic mass is 10.2. The number of amides is 1. The molecule has 0 radical (unpaired) electrons. The summed E-state index contributed by atoms with van der Waals surface area (Å²) in [5.41, 5.74) is 7.33. The molecule has 0 spiro atoms. The van der Waals surface area contributed by atoms with Crippen molar-refractivity contribution in [1.82, 2.24) is 15.0 Å². The molecule has 7 heteroatoms. The Morgan fingerprint density at radius 2 is 2.18 bits per heavy atom. The van der Waals surface area contributed by atoms with Crippen LogP contribution in [0.3, 0.4) is 0 Å². The van der Waals surface area contributed by atoms with Gasteiger partial charge in [0.2, 0.25) is 5.91 Å². The maximum Gasteiger partial charge on any atom is 0.250 e. The molecule has 22 heavy (non-hydrogen) atoms. The summed E-state index contributed by atoms with van der Waals surface area (Å²) in [5, 5.41) is 3.50. The second-order valence-electron chi connectivity index (χ2n) is 4.92. The lowest BCUT2D eigenvalue weighted by molar-refractivity contribution is 0.1000. The Morgan fingerprint density at radius 1 is 1.41 bits per heavy atom. The fourth-order valence-corrected chi connectivity index (χ4v) is 2.35. The third kappa shape index (κ3) is 2.73. The third-order valence-corrected chi connectivity index (χ3v) is 3.58. The van der Waals surface area contributed by atoms with Crippen molar-refractivity contribution in [2.45, 2.75) is 13.0 Å². The summed E-state index contributed by atoms with van der Waals surface area (Å²) in [5.74, 6) is 0.684. The topological polar surface area (TPSA) is 96.7 Å². The first kappa shape index (κ1) is 14.3. The standard InChI is InChI=1S/C15H14ClN5O/c1-8(14-20-11-4-2-3-5-12(11)21-14)19-15-10(16)6-9(7-18-15)13(17)22/h2-8H,1H3,(H2,17,22)(H,18,19)(H,20,21)/t8-/m0/s1. The molecule has 1 amide bonds. The monoisotopic (exact) mass is 315 g/mol. The van der Waals surface area contributed by atoms with Crippen molar-refractivity contribution in [3.8, 4) is 0 Å². The van der Waals surface area contributed by atoms with E-state index in [9.17, 15) is 4.79 Å². The molecule has 0 fully saturated rings. The van der Waals surface area contributed by atoms with E-state index in [1.807, 2.05) is 31.2 Å². The van der Waals surface area contributed by atoms with Gasteiger partial charge in [-0.1, -0.05) is 23.7 Å². The largest absolute Gasteiger partial charge is 0.366 e. The molecule has 2 aromatic heterocycles. The average molecular weight is 316 g/mol. The van der Waals surface area contributed by atoms with Crippen LogP contribution in [0, 0.1) is 0 Å². The number of carbonyl (C=O) groups is 1. The molecular formula is C15H14ClN5O. The number of benzene rings is 1. The molecule has 112 valence electrons. The molecular weight excluding hydrogens is 302 g/mol. The third-order valence-electron chi connectivity index (χ3n) is 3.30. The van der Waals surface area contributed by atoms with Gasteiger partial charge in [-0.2, -0.15) is 0 Å². The van der Waals surface area contributed by atoms with Gasteiger partial charge in [0.25, 0.3) is 0 Å². The van der Waals surface area contributed by atoms with Crippen molar-refractivity contribution in [2.24, 2.45) is 5.73 Å². The number of carbonyl (C=O) groups excluding carboxylic acids is 1. The Hall–Kier alpha value is -2.60. The van der Waals surface area contributed by atoms with Crippen LogP contribution in [-0.4, -0.2) is 20.9 Å². The lowest BCUT2D eigenvalue weighted by Crippen LogP contribution is -2.13. The van der Waals surface area contributed by atoms with Crippen LogP contribution in [0.4, 0.5) is 5.82 Å². The summed E-state index contributed by atoms with van der Waals surface area (Å²) in [6, 6.07) is 9.15. The van der Waals surface area contributed by atoms with E-state index >= 15 is 0 Å². The molecule has 0 saturated heterocycles. The smallest absolute Gasteiger partial charge is 0.250 e. The Labute approximate surface area is 131 Å². The average Bonchev–Trinajstić information content (AvgIpc) is 2.93. The zero-order valence-corrected chi connectivity index (χ0v) is 12.6. The summed E-state index contributed by atoms with van der Waals surface area (Å²) in [4.78, 5) is 23.0. The van der Waals surface area contributed by atoms with E-state index in [4.69, 9.17) is 17.3 Å². The summed E-state index contributed by atoms with van der Waals surface area (Å²) in [6.07, 6.45) is 1.39. The van der Waals surface area contributed by atoms with Crippen LogP contribution in [0.1, 0.15) is 29.1 Å². The zero-order valence-electron chi connectivity index (χ0n) is 11.8. The maximum absolute atomic E-state index is 11.1. The van der Waals surface area contributed by atoms with E-state index < -0.39 is 5.91 Å². The van der Waals surface area contributed by atoms with E-state index in [0.717, 1.165) is 16.9 Å². The predicted molar refractivity (Wildman–Crippen MR) is 85.9 cm³/mol. The molecule has 0 saturated carbocycles. The fraction of sp³-hybridized carbons (Fsp3) is 0.133. The van der Waals surface area contributed by atoms with Crippen molar-refractivity contribution in [1.29, 1.82) is 0 Å². The van der Waals surface area contributed by atoms with Crippen molar-refractivity contribution >= 4 is 34.4 Å². The number of H-pyrrole nitrogens is 1. The SMILES string of the molecule is C[C@H](Nc1ncc(C(N)=O)cc1Cl)c1nc2ccccc2[nH]1. The Morgan fingerprint density at radius 3 is 2.86 bits per heavy atom. The van der Waals surface area contributed by atoms with Crippen molar-refractivity contribution < 1.29 is 4.79 Å². The molecule has 6 nitrogen and oxygen atoms in total. The van der Waals surface area contributed by atoms with Gasteiger partial charge in [0, 0.05) is 6.20 Å². The van der Waals surface area contributed by atoms with Gasteiger partial charge in [0.1, 0.15) is 11.6 Å². The number of nitrogens with one attached hydrogen (secondary N) is 2. The number of hydrogen-bond donors (Lipinski definition) is 3. The quantitative estimate of drug-likeness (QED) is 0.689. The molecule has 3 aromatic rings. The molecule has 4 N–H and O–H groups in total. The number of hydrogen-bond acceptors (Lipinski definition) is 4.